The maximum Gasteiger partial charge on any atom is 0.0636 e. The average molecular weight is 227 g/mol. The van der Waals surface area contributed by atoms with E-state index < -0.39 is 0 Å². The normalized spacial score (nSPS) is 27.2. The Bertz CT molecular complexity index is 170. The van der Waals surface area contributed by atoms with Gasteiger partial charge in [-0.3, -0.25) is 0 Å². The van der Waals surface area contributed by atoms with Crippen LogP contribution >= 0.6 is 0 Å². The predicted molar refractivity (Wildman–Crippen MR) is 69.6 cm³/mol. The van der Waals surface area contributed by atoms with Crippen molar-refractivity contribution in [3.05, 3.63) is 0 Å². The number of aliphatic hydroxyl groups is 1. The standard InChI is InChI=1S/C14H29NO/c1-3-4-5-6-8-13-9-7-10-14(13)15-11-12(2)16/h12-16H,3-11H2,1-2H3. The molecule has 1 rings (SSSR count). The van der Waals surface area contributed by atoms with Gasteiger partial charge in [-0.25, -0.2) is 0 Å². The summed E-state index contributed by atoms with van der Waals surface area (Å²) in [6.07, 6.45) is 10.8. The van der Waals surface area contributed by atoms with Crippen molar-refractivity contribution in [2.24, 2.45) is 5.92 Å². The lowest BCUT2D eigenvalue weighted by molar-refractivity contribution is 0.181. The third-order valence-corrected chi connectivity index (χ3v) is 3.76. The van der Waals surface area contributed by atoms with Crippen LogP contribution in [0.5, 0.6) is 0 Å². The second-order valence-electron chi connectivity index (χ2n) is 5.40. The van der Waals surface area contributed by atoms with Crippen molar-refractivity contribution < 1.29 is 5.11 Å². The van der Waals surface area contributed by atoms with Gasteiger partial charge < -0.3 is 10.4 Å². The Balaban J connectivity index is 2.13. The molecule has 0 aliphatic heterocycles. The van der Waals surface area contributed by atoms with E-state index in [0.717, 1.165) is 12.5 Å². The van der Waals surface area contributed by atoms with Gasteiger partial charge >= 0.3 is 0 Å². The number of rotatable bonds is 8. The Morgan fingerprint density at radius 1 is 1.25 bits per heavy atom. The molecule has 0 aromatic carbocycles. The van der Waals surface area contributed by atoms with Gasteiger partial charge in [0.05, 0.1) is 6.10 Å². The summed E-state index contributed by atoms with van der Waals surface area (Å²) < 4.78 is 0. The quantitative estimate of drug-likeness (QED) is 0.625. The van der Waals surface area contributed by atoms with Crippen molar-refractivity contribution >= 4 is 0 Å². The number of nitrogens with one attached hydrogen (secondary N) is 1. The summed E-state index contributed by atoms with van der Waals surface area (Å²) in [5.41, 5.74) is 0. The molecule has 1 aliphatic rings. The highest BCUT2D eigenvalue weighted by molar-refractivity contribution is 4.83. The largest absolute Gasteiger partial charge is 0.392 e. The highest BCUT2D eigenvalue weighted by atomic mass is 16.3. The van der Waals surface area contributed by atoms with Gasteiger partial charge in [0.15, 0.2) is 0 Å². The molecule has 0 saturated heterocycles. The van der Waals surface area contributed by atoms with Crippen molar-refractivity contribution in [2.75, 3.05) is 6.54 Å². The van der Waals surface area contributed by atoms with Gasteiger partial charge in [0, 0.05) is 12.6 Å². The molecule has 0 heterocycles. The second-order valence-corrected chi connectivity index (χ2v) is 5.40. The summed E-state index contributed by atoms with van der Waals surface area (Å²) in [5.74, 6) is 0.871. The van der Waals surface area contributed by atoms with Crippen LogP contribution in [0.3, 0.4) is 0 Å². The zero-order chi connectivity index (χ0) is 11.8. The molecule has 0 bridgehead atoms. The van der Waals surface area contributed by atoms with E-state index >= 15 is 0 Å². The molecule has 3 unspecified atom stereocenters. The first-order chi connectivity index (χ1) is 7.74. The molecule has 16 heavy (non-hydrogen) atoms. The Morgan fingerprint density at radius 3 is 2.75 bits per heavy atom. The molecule has 0 aromatic rings. The predicted octanol–water partition coefficient (Wildman–Crippen LogP) is 3.10. The Morgan fingerprint density at radius 2 is 2.06 bits per heavy atom. The molecule has 1 aliphatic carbocycles. The molecule has 1 fully saturated rings. The van der Waals surface area contributed by atoms with Crippen LogP contribution in [0.2, 0.25) is 0 Å². The van der Waals surface area contributed by atoms with Crippen LogP contribution in [0.15, 0.2) is 0 Å². The van der Waals surface area contributed by atoms with E-state index in [1.165, 1.54) is 51.4 Å². The first kappa shape index (κ1) is 14.0. The van der Waals surface area contributed by atoms with Gasteiger partial charge in [-0.1, -0.05) is 39.0 Å². The summed E-state index contributed by atoms with van der Waals surface area (Å²) >= 11 is 0. The van der Waals surface area contributed by atoms with E-state index in [9.17, 15) is 5.11 Å². The fourth-order valence-corrected chi connectivity index (χ4v) is 2.81. The van der Waals surface area contributed by atoms with Gasteiger partial charge in [0.2, 0.25) is 0 Å². The van der Waals surface area contributed by atoms with Crippen LogP contribution in [0.25, 0.3) is 0 Å². The maximum absolute atomic E-state index is 9.28. The van der Waals surface area contributed by atoms with Crippen LogP contribution in [0.4, 0.5) is 0 Å². The molecule has 0 aromatic heterocycles. The minimum atomic E-state index is -0.207. The molecule has 1 saturated carbocycles. The maximum atomic E-state index is 9.28. The van der Waals surface area contributed by atoms with Gasteiger partial charge in [-0.2, -0.15) is 0 Å². The van der Waals surface area contributed by atoms with E-state index in [1.807, 2.05) is 6.92 Å². The monoisotopic (exact) mass is 227 g/mol. The first-order valence-corrected chi connectivity index (χ1v) is 7.15. The number of unbranched alkanes of at least 4 members (excludes halogenated alkanes) is 3. The molecule has 3 atom stereocenters. The Kier molecular flexibility index (Phi) is 7.06. The van der Waals surface area contributed by atoms with Crippen molar-refractivity contribution in [1.29, 1.82) is 0 Å². The Labute approximate surface area is 101 Å². The van der Waals surface area contributed by atoms with Gasteiger partial charge in [-0.05, 0) is 32.1 Å². The topological polar surface area (TPSA) is 32.3 Å². The van der Waals surface area contributed by atoms with Crippen LogP contribution in [0, 0.1) is 5.92 Å². The number of hydrogen-bond acceptors (Lipinski definition) is 2. The molecular weight excluding hydrogens is 198 g/mol. The van der Waals surface area contributed by atoms with Crippen LogP contribution in [-0.4, -0.2) is 23.8 Å². The second kappa shape index (κ2) is 8.08. The van der Waals surface area contributed by atoms with Crippen LogP contribution < -0.4 is 5.32 Å². The van der Waals surface area contributed by atoms with Crippen molar-refractivity contribution in [2.45, 2.75) is 77.4 Å². The Hall–Kier alpha value is -0.0800. The van der Waals surface area contributed by atoms with E-state index in [1.54, 1.807) is 0 Å². The summed E-state index contributed by atoms with van der Waals surface area (Å²) in [7, 11) is 0. The van der Waals surface area contributed by atoms with Crippen molar-refractivity contribution in [3.63, 3.8) is 0 Å². The zero-order valence-corrected chi connectivity index (χ0v) is 11.0. The lowest BCUT2D eigenvalue weighted by Gasteiger charge is -2.21. The highest BCUT2D eigenvalue weighted by Gasteiger charge is 2.26. The minimum Gasteiger partial charge on any atom is -0.392 e. The number of hydrogen-bond donors (Lipinski definition) is 2. The van der Waals surface area contributed by atoms with Gasteiger partial charge in [-0.15, -0.1) is 0 Å². The molecular formula is C14H29NO. The molecule has 2 nitrogen and oxygen atoms in total. The molecule has 2 N–H and O–H groups in total. The van der Waals surface area contributed by atoms with E-state index in [0.29, 0.717) is 6.04 Å². The minimum absolute atomic E-state index is 0.207. The molecule has 0 amide bonds. The lowest BCUT2D eigenvalue weighted by Crippen LogP contribution is -2.36. The van der Waals surface area contributed by atoms with Gasteiger partial charge in [0.1, 0.15) is 0 Å². The zero-order valence-electron chi connectivity index (χ0n) is 11.0. The first-order valence-electron chi connectivity index (χ1n) is 7.15. The third-order valence-electron chi connectivity index (χ3n) is 3.76. The van der Waals surface area contributed by atoms with Crippen LogP contribution in [-0.2, 0) is 0 Å². The van der Waals surface area contributed by atoms with E-state index in [2.05, 4.69) is 12.2 Å². The molecule has 0 radical (unpaired) electrons. The van der Waals surface area contributed by atoms with Crippen molar-refractivity contribution in [3.8, 4) is 0 Å². The molecule has 2 heteroatoms. The van der Waals surface area contributed by atoms with Crippen LogP contribution in [0.1, 0.15) is 65.2 Å². The summed E-state index contributed by atoms with van der Waals surface area (Å²) in [6.45, 7) is 4.89. The summed E-state index contributed by atoms with van der Waals surface area (Å²) in [5, 5.41) is 12.8. The fourth-order valence-electron chi connectivity index (χ4n) is 2.81. The van der Waals surface area contributed by atoms with E-state index in [-0.39, 0.29) is 6.10 Å². The average Bonchev–Trinajstić information content (AvgIpc) is 2.69. The summed E-state index contributed by atoms with van der Waals surface area (Å²) in [4.78, 5) is 0. The highest BCUT2D eigenvalue weighted by Crippen LogP contribution is 2.30. The third kappa shape index (κ3) is 5.31. The van der Waals surface area contributed by atoms with Crippen molar-refractivity contribution in [1.82, 2.24) is 5.32 Å². The molecule has 0 spiro atoms. The number of aliphatic hydroxyl groups excluding tert-OH is 1. The lowest BCUT2D eigenvalue weighted by atomic mass is 9.96. The SMILES string of the molecule is CCCCCCC1CCCC1NCC(C)O. The smallest absolute Gasteiger partial charge is 0.0636 e. The van der Waals surface area contributed by atoms with E-state index in [4.69, 9.17) is 0 Å². The fraction of sp³-hybridized carbons (Fsp3) is 1.00. The summed E-state index contributed by atoms with van der Waals surface area (Å²) in [6, 6.07) is 0.677. The molecule has 96 valence electrons. The van der Waals surface area contributed by atoms with Gasteiger partial charge in [0.25, 0.3) is 0 Å².